The van der Waals surface area contributed by atoms with Gasteiger partial charge in [-0.15, -0.1) is 0 Å². The summed E-state index contributed by atoms with van der Waals surface area (Å²) in [5, 5.41) is 3.92. The van der Waals surface area contributed by atoms with Crippen molar-refractivity contribution >= 4 is 15.8 Å². The molecule has 0 spiro atoms. The Morgan fingerprint density at radius 1 is 1.62 bits per heavy atom. The number of hydrogen-bond acceptors (Lipinski definition) is 4. The Morgan fingerprint density at radius 2 is 2.25 bits per heavy atom. The van der Waals surface area contributed by atoms with Gasteiger partial charge in [0.2, 0.25) is 10.0 Å². The van der Waals surface area contributed by atoms with Crippen LogP contribution in [0.3, 0.4) is 0 Å². The van der Waals surface area contributed by atoms with E-state index in [9.17, 15) is 8.42 Å². The fraction of sp³-hybridized carbons (Fsp3) is 0.667. The van der Waals surface area contributed by atoms with Gasteiger partial charge in [0.15, 0.2) is 5.82 Å². The van der Waals surface area contributed by atoms with Crippen LogP contribution in [-0.2, 0) is 16.6 Å². The monoisotopic (exact) mass is 244 g/mol. The zero-order valence-electron chi connectivity index (χ0n) is 9.40. The molecule has 1 aliphatic rings. The molecule has 0 amide bonds. The quantitative estimate of drug-likeness (QED) is 0.798. The van der Waals surface area contributed by atoms with Gasteiger partial charge in [0, 0.05) is 18.3 Å². The summed E-state index contributed by atoms with van der Waals surface area (Å²) >= 11 is 0. The number of anilines is 1. The minimum atomic E-state index is -3.53. The summed E-state index contributed by atoms with van der Waals surface area (Å²) in [5.41, 5.74) is 5.30. The Balaban J connectivity index is 2.31. The summed E-state index contributed by atoms with van der Waals surface area (Å²) in [4.78, 5) is 0.0717. The van der Waals surface area contributed by atoms with Crippen molar-refractivity contribution in [3.05, 3.63) is 6.20 Å². The van der Waals surface area contributed by atoms with Crippen LogP contribution in [0.1, 0.15) is 26.7 Å². The van der Waals surface area contributed by atoms with E-state index in [0.29, 0.717) is 6.54 Å². The van der Waals surface area contributed by atoms with Crippen LogP contribution in [0.5, 0.6) is 0 Å². The van der Waals surface area contributed by atoms with Crippen molar-refractivity contribution < 1.29 is 8.42 Å². The van der Waals surface area contributed by atoms with E-state index in [1.165, 1.54) is 10.9 Å². The third kappa shape index (κ3) is 2.05. The van der Waals surface area contributed by atoms with Gasteiger partial charge in [-0.25, -0.2) is 13.1 Å². The number of hydrogen-bond donors (Lipinski definition) is 2. The molecule has 0 radical (unpaired) electrons. The lowest BCUT2D eigenvalue weighted by molar-refractivity contribution is 0.558. The van der Waals surface area contributed by atoms with E-state index in [1.807, 2.05) is 13.8 Å². The van der Waals surface area contributed by atoms with Crippen LogP contribution in [0.25, 0.3) is 0 Å². The Morgan fingerprint density at radius 3 is 2.69 bits per heavy atom. The van der Waals surface area contributed by atoms with Crippen LogP contribution in [0, 0.1) is 0 Å². The molecule has 1 heterocycles. The molecule has 3 N–H and O–H groups in total. The average molecular weight is 244 g/mol. The summed E-state index contributed by atoms with van der Waals surface area (Å²) in [6.07, 6.45) is 3.20. The topological polar surface area (TPSA) is 90.0 Å². The first-order chi connectivity index (χ1) is 7.36. The second-order valence-corrected chi connectivity index (χ2v) is 6.05. The zero-order chi connectivity index (χ0) is 12.0. The average Bonchev–Trinajstić information content (AvgIpc) is 2.76. The first-order valence-corrected chi connectivity index (χ1v) is 6.71. The van der Waals surface area contributed by atoms with Crippen LogP contribution in [-0.4, -0.2) is 23.7 Å². The molecular weight excluding hydrogens is 228 g/mol. The number of aryl methyl sites for hydroxylation is 1. The van der Waals surface area contributed by atoms with Crippen molar-refractivity contribution in [1.29, 1.82) is 0 Å². The molecule has 1 fully saturated rings. The van der Waals surface area contributed by atoms with Gasteiger partial charge in [0.05, 0.1) is 0 Å². The zero-order valence-corrected chi connectivity index (χ0v) is 10.2. The molecule has 0 aromatic carbocycles. The molecule has 0 atom stereocenters. The van der Waals surface area contributed by atoms with E-state index >= 15 is 0 Å². The van der Waals surface area contributed by atoms with Gasteiger partial charge in [-0.2, -0.15) is 5.10 Å². The third-order valence-electron chi connectivity index (χ3n) is 2.75. The summed E-state index contributed by atoms with van der Waals surface area (Å²) in [6.45, 7) is 4.35. The molecule has 1 aromatic rings. The number of nitrogens with zero attached hydrogens (tertiary/aromatic N) is 2. The van der Waals surface area contributed by atoms with E-state index < -0.39 is 10.0 Å². The van der Waals surface area contributed by atoms with Gasteiger partial charge >= 0.3 is 0 Å². The number of nitrogens with two attached hydrogens (primary N) is 1. The summed E-state index contributed by atoms with van der Waals surface area (Å²) in [5.74, 6) is 0.0543. The molecular formula is C9H16N4O2S. The van der Waals surface area contributed by atoms with E-state index in [-0.39, 0.29) is 16.3 Å². The van der Waals surface area contributed by atoms with Crippen molar-refractivity contribution in [3.8, 4) is 0 Å². The van der Waals surface area contributed by atoms with Gasteiger partial charge in [0.1, 0.15) is 4.90 Å². The van der Waals surface area contributed by atoms with Crippen LogP contribution in [0.15, 0.2) is 11.1 Å². The van der Waals surface area contributed by atoms with Crippen molar-refractivity contribution in [1.82, 2.24) is 14.5 Å². The normalized spacial score (nSPS) is 18.6. The Bertz CT molecular complexity index is 502. The van der Waals surface area contributed by atoms with E-state index in [4.69, 9.17) is 5.73 Å². The number of aromatic nitrogens is 2. The van der Waals surface area contributed by atoms with Gasteiger partial charge in [-0.1, -0.05) is 0 Å². The lowest BCUT2D eigenvalue weighted by Crippen LogP contribution is -2.34. The van der Waals surface area contributed by atoms with Crippen molar-refractivity contribution in [2.75, 3.05) is 5.73 Å². The molecule has 7 heteroatoms. The summed E-state index contributed by atoms with van der Waals surface area (Å²) in [6, 6.07) is 0. The lowest BCUT2D eigenvalue weighted by Gasteiger charge is -2.10. The Kier molecular flexibility index (Phi) is 2.47. The molecule has 0 saturated heterocycles. The molecule has 1 aromatic heterocycles. The highest BCUT2D eigenvalue weighted by Gasteiger charge is 2.42. The predicted molar refractivity (Wildman–Crippen MR) is 60.3 cm³/mol. The number of sulfonamides is 1. The van der Waals surface area contributed by atoms with E-state index in [2.05, 4.69) is 9.82 Å². The predicted octanol–water partition coefficient (Wildman–Crippen LogP) is 0.316. The SMILES string of the molecule is CCn1cc(S(=O)(=O)NC2(C)CC2)c(N)n1. The highest BCUT2D eigenvalue weighted by molar-refractivity contribution is 7.89. The second kappa shape index (κ2) is 3.46. The molecule has 16 heavy (non-hydrogen) atoms. The Labute approximate surface area is 94.9 Å². The number of nitrogen functional groups attached to an aromatic ring is 1. The fourth-order valence-corrected chi connectivity index (χ4v) is 3.00. The van der Waals surface area contributed by atoms with Crippen molar-refractivity contribution in [3.63, 3.8) is 0 Å². The minimum absolute atomic E-state index is 0.0543. The van der Waals surface area contributed by atoms with Crippen molar-refractivity contribution in [2.24, 2.45) is 0 Å². The summed E-state index contributed by atoms with van der Waals surface area (Å²) in [7, 11) is -3.53. The van der Waals surface area contributed by atoms with E-state index in [0.717, 1.165) is 12.8 Å². The van der Waals surface area contributed by atoms with Crippen LogP contribution in [0.2, 0.25) is 0 Å². The van der Waals surface area contributed by atoms with Gasteiger partial charge in [0.25, 0.3) is 0 Å². The van der Waals surface area contributed by atoms with Gasteiger partial charge in [-0.3, -0.25) is 4.68 Å². The Hall–Kier alpha value is -1.08. The molecule has 90 valence electrons. The molecule has 0 unspecified atom stereocenters. The van der Waals surface area contributed by atoms with Gasteiger partial charge < -0.3 is 5.73 Å². The largest absolute Gasteiger partial charge is 0.381 e. The molecule has 0 bridgehead atoms. The van der Waals surface area contributed by atoms with E-state index in [1.54, 1.807) is 0 Å². The first-order valence-electron chi connectivity index (χ1n) is 5.23. The standard InChI is InChI=1S/C9H16N4O2S/c1-3-13-6-7(8(10)11-13)16(14,15)12-9(2)4-5-9/h6,12H,3-5H2,1-2H3,(H2,10,11). The molecule has 6 nitrogen and oxygen atoms in total. The molecule has 1 aliphatic carbocycles. The van der Waals surface area contributed by atoms with Crippen molar-refractivity contribution in [2.45, 2.75) is 43.7 Å². The smallest absolute Gasteiger partial charge is 0.246 e. The second-order valence-electron chi connectivity index (χ2n) is 4.40. The first kappa shape index (κ1) is 11.4. The van der Waals surface area contributed by atoms with Gasteiger partial charge in [-0.05, 0) is 26.7 Å². The fourth-order valence-electron chi connectivity index (χ4n) is 1.46. The maximum Gasteiger partial charge on any atom is 0.246 e. The third-order valence-corrected chi connectivity index (χ3v) is 4.40. The minimum Gasteiger partial charge on any atom is -0.381 e. The lowest BCUT2D eigenvalue weighted by atomic mass is 10.4. The maximum atomic E-state index is 12.0. The molecule has 1 saturated carbocycles. The summed E-state index contributed by atoms with van der Waals surface area (Å²) < 4.78 is 28.1. The number of nitrogens with one attached hydrogen (secondary N) is 1. The van der Waals surface area contributed by atoms with Crippen LogP contribution in [0.4, 0.5) is 5.82 Å². The highest BCUT2D eigenvalue weighted by Crippen LogP contribution is 2.36. The number of rotatable bonds is 4. The molecule has 0 aliphatic heterocycles. The maximum absolute atomic E-state index is 12.0. The highest BCUT2D eigenvalue weighted by atomic mass is 32.2. The van der Waals surface area contributed by atoms with Crippen LogP contribution < -0.4 is 10.5 Å². The van der Waals surface area contributed by atoms with Crippen LogP contribution >= 0.6 is 0 Å². The molecule has 2 rings (SSSR count).